The van der Waals surface area contributed by atoms with E-state index in [4.69, 9.17) is 4.74 Å². The fraction of sp³-hybridized carbons (Fsp3) is 0.364. The molecule has 0 amide bonds. The van der Waals surface area contributed by atoms with Crippen LogP contribution in [0.25, 0.3) is 0 Å². The van der Waals surface area contributed by atoms with Gasteiger partial charge in [-0.2, -0.15) is 0 Å². The molecule has 14 heavy (non-hydrogen) atoms. The van der Waals surface area contributed by atoms with Crippen LogP contribution in [-0.2, 0) is 14.3 Å². The molecule has 0 radical (unpaired) electrons. The summed E-state index contributed by atoms with van der Waals surface area (Å²) in [6.45, 7) is 2.33. The minimum absolute atomic E-state index is 0.363. The van der Waals surface area contributed by atoms with Gasteiger partial charge in [-0.25, -0.2) is 4.79 Å². The molecule has 1 atom stereocenters. The Hall–Kier alpha value is -1.35. The van der Waals surface area contributed by atoms with E-state index in [1.54, 1.807) is 0 Å². The van der Waals surface area contributed by atoms with Crippen molar-refractivity contribution in [3.05, 3.63) is 35.9 Å². The van der Waals surface area contributed by atoms with Gasteiger partial charge in [-0.1, -0.05) is 30.3 Å². The van der Waals surface area contributed by atoms with E-state index < -0.39 is 6.10 Å². The molecule has 0 unspecified atom stereocenters. The Bertz CT molecular complexity index is 282. The number of carbonyl (C=O) groups excluding carboxylic acids is 1. The summed E-state index contributed by atoms with van der Waals surface area (Å²) in [5.74, 6) is -0.363. The topological polar surface area (TPSA) is 35.5 Å². The summed E-state index contributed by atoms with van der Waals surface area (Å²) in [6.07, 6.45) is -0.605. The van der Waals surface area contributed by atoms with Gasteiger partial charge in [0.05, 0.1) is 7.11 Å². The van der Waals surface area contributed by atoms with Crippen molar-refractivity contribution in [2.24, 2.45) is 0 Å². The summed E-state index contributed by atoms with van der Waals surface area (Å²) in [5, 5.41) is 0. The Morgan fingerprint density at radius 2 is 2.00 bits per heavy atom. The van der Waals surface area contributed by atoms with Crippen molar-refractivity contribution in [2.45, 2.75) is 13.0 Å². The van der Waals surface area contributed by atoms with Crippen LogP contribution in [0.2, 0.25) is 0 Å². The third-order valence-electron chi connectivity index (χ3n) is 1.85. The number of esters is 1. The average molecular weight is 194 g/mol. The molecule has 3 nitrogen and oxygen atoms in total. The molecule has 0 spiro atoms. The van der Waals surface area contributed by atoms with Gasteiger partial charge in [-0.3, -0.25) is 0 Å². The number of methoxy groups -OCH3 is 1. The van der Waals surface area contributed by atoms with Crippen molar-refractivity contribution in [3.8, 4) is 0 Å². The highest BCUT2D eigenvalue weighted by Crippen LogP contribution is 2.18. The summed E-state index contributed by atoms with van der Waals surface area (Å²) in [7, 11) is 1.36. The smallest absolute Gasteiger partial charge is 0.339 e. The summed E-state index contributed by atoms with van der Waals surface area (Å²) in [5.41, 5.74) is 0.821. The maximum Gasteiger partial charge on any atom is 0.339 e. The molecule has 0 aromatic heterocycles. The number of rotatable bonds is 4. The number of carbonyl (C=O) groups is 1. The van der Waals surface area contributed by atoms with Crippen molar-refractivity contribution in [1.29, 1.82) is 0 Å². The number of ether oxygens (including phenoxy) is 2. The molecule has 0 saturated heterocycles. The van der Waals surface area contributed by atoms with E-state index >= 15 is 0 Å². The van der Waals surface area contributed by atoms with E-state index in [0.29, 0.717) is 6.61 Å². The second kappa shape index (κ2) is 5.40. The number of benzene rings is 1. The standard InChI is InChI=1S/C11H14O3/c1-3-14-10(11(12)13-2)9-7-5-4-6-8-9/h4-8,10H,3H2,1-2H3/t10-/m0/s1. The Morgan fingerprint density at radius 3 is 2.50 bits per heavy atom. The maximum absolute atomic E-state index is 11.4. The van der Waals surface area contributed by atoms with E-state index in [-0.39, 0.29) is 5.97 Å². The monoisotopic (exact) mass is 194 g/mol. The molecule has 0 bridgehead atoms. The van der Waals surface area contributed by atoms with Crippen LogP contribution in [-0.4, -0.2) is 19.7 Å². The van der Waals surface area contributed by atoms with Crippen molar-refractivity contribution < 1.29 is 14.3 Å². The van der Waals surface area contributed by atoms with Gasteiger partial charge in [0.2, 0.25) is 0 Å². The van der Waals surface area contributed by atoms with Crippen LogP contribution in [0, 0.1) is 0 Å². The molecule has 0 heterocycles. The normalized spacial score (nSPS) is 12.1. The van der Waals surface area contributed by atoms with E-state index in [0.717, 1.165) is 5.56 Å². The van der Waals surface area contributed by atoms with Gasteiger partial charge in [0.15, 0.2) is 6.10 Å². The predicted molar refractivity (Wildman–Crippen MR) is 52.8 cm³/mol. The van der Waals surface area contributed by atoms with Crippen LogP contribution in [0.4, 0.5) is 0 Å². The second-order valence-corrected chi connectivity index (χ2v) is 2.77. The van der Waals surface area contributed by atoms with E-state index in [9.17, 15) is 4.79 Å². The lowest BCUT2D eigenvalue weighted by molar-refractivity contribution is -0.154. The lowest BCUT2D eigenvalue weighted by Crippen LogP contribution is -2.17. The zero-order chi connectivity index (χ0) is 10.4. The molecule has 0 aliphatic rings. The number of hydrogen-bond donors (Lipinski definition) is 0. The van der Waals surface area contributed by atoms with Crippen LogP contribution in [0.3, 0.4) is 0 Å². The van der Waals surface area contributed by atoms with Crippen molar-refractivity contribution in [2.75, 3.05) is 13.7 Å². The zero-order valence-corrected chi connectivity index (χ0v) is 8.40. The van der Waals surface area contributed by atoms with Gasteiger partial charge in [-0.05, 0) is 12.5 Å². The van der Waals surface area contributed by atoms with Crippen LogP contribution >= 0.6 is 0 Å². The fourth-order valence-corrected chi connectivity index (χ4v) is 1.20. The Kier molecular flexibility index (Phi) is 4.13. The minimum Gasteiger partial charge on any atom is -0.467 e. The molecule has 76 valence electrons. The molecule has 1 aromatic rings. The van der Waals surface area contributed by atoms with Crippen LogP contribution in [0.1, 0.15) is 18.6 Å². The molecule has 0 aliphatic heterocycles. The first kappa shape index (κ1) is 10.7. The van der Waals surface area contributed by atoms with Crippen molar-refractivity contribution >= 4 is 5.97 Å². The predicted octanol–water partition coefficient (Wildman–Crippen LogP) is 1.94. The first-order valence-electron chi connectivity index (χ1n) is 4.54. The lowest BCUT2D eigenvalue weighted by Gasteiger charge is -2.14. The van der Waals surface area contributed by atoms with Crippen molar-refractivity contribution in [1.82, 2.24) is 0 Å². The van der Waals surface area contributed by atoms with E-state index in [2.05, 4.69) is 4.74 Å². The molecule has 0 aliphatic carbocycles. The molecule has 0 fully saturated rings. The summed E-state index contributed by atoms with van der Waals surface area (Å²) in [6, 6.07) is 9.31. The Morgan fingerprint density at radius 1 is 1.36 bits per heavy atom. The molecule has 0 saturated carbocycles. The third kappa shape index (κ3) is 2.57. The summed E-state index contributed by atoms with van der Waals surface area (Å²) < 4.78 is 9.96. The molecule has 0 N–H and O–H groups in total. The van der Waals surface area contributed by atoms with Crippen molar-refractivity contribution in [3.63, 3.8) is 0 Å². The Balaban J connectivity index is 2.83. The second-order valence-electron chi connectivity index (χ2n) is 2.77. The number of hydrogen-bond acceptors (Lipinski definition) is 3. The summed E-state index contributed by atoms with van der Waals surface area (Å²) in [4.78, 5) is 11.4. The highest BCUT2D eigenvalue weighted by molar-refractivity contribution is 5.76. The molecule has 3 heteroatoms. The highest BCUT2D eigenvalue weighted by atomic mass is 16.6. The molecule has 1 rings (SSSR count). The van der Waals surface area contributed by atoms with Crippen LogP contribution in [0.5, 0.6) is 0 Å². The van der Waals surface area contributed by atoms with Gasteiger partial charge in [0, 0.05) is 6.61 Å². The molecular weight excluding hydrogens is 180 g/mol. The third-order valence-corrected chi connectivity index (χ3v) is 1.85. The largest absolute Gasteiger partial charge is 0.467 e. The maximum atomic E-state index is 11.4. The highest BCUT2D eigenvalue weighted by Gasteiger charge is 2.20. The average Bonchev–Trinajstić information content (AvgIpc) is 2.26. The van der Waals surface area contributed by atoms with Crippen LogP contribution < -0.4 is 0 Å². The molecule has 1 aromatic carbocycles. The fourth-order valence-electron chi connectivity index (χ4n) is 1.20. The van der Waals surface area contributed by atoms with E-state index in [1.807, 2.05) is 37.3 Å². The lowest BCUT2D eigenvalue weighted by atomic mass is 10.1. The first-order chi connectivity index (χ1) is 6.79. The van der Waals surface area contributed by atoms with Gasteiger partial charge in [-0.15, -0.1) is 0 Å². The summed E-state index contributed by atoms with van der Waals surface area (Å²) >= 11 is 0. The van der Waals surface area contributed by atoms with Crippen LogP contribution in [0.15, 0.2) is 30.3 Å². The Labute approximate surface area is 83.6 Å². The SMILES string of the molecule is CCO[C@H](C(=O)OC)c1ccccc1. The molecular formula is C11H14O3. The van der Waals surface area contributed by atoms with Gasteiger partial charge in [0.25, 0.3) is 0 Å². The van der Waals surface area contributed by atoms with Gasteiger partial charge >= 0.3 is 5.97 Å². The van der Waals surface area contributed by atoms with E-state index in [1.165, 1.54) is 7.11 Å². The first-order valence-corrected chi connectivity index (χ1v) is 4.54. The minimum atomic E-state index is -0.605. The zero-order valence-electron chi connectivity index (χ0n) is 8.40. The van der Waals surface area contributed by atoms with Gasteiger partial charge in [0.1, 0.15) is 0 Å². The van der Waals surface area contributed by atoms with Gasteiger partial charge < -0.3 is 9.47 Å². The quantitative estimate of drug-likeness (QED) is 0.687.